The van der Waals surface area contributed by atoms with Crippen molar-refractivity contribution < 1.29 is 24.4 Å². The van der Waals surface area contributed by atoms with Gasteiger partial charge in [-0.3, -0.25) is 4.79 Å². The van der Waals surface area contributed by atoms with E-state index in [9.17, 15) is 19.7 Å². The molecule has 1 heterocycles. The van der Waals surface area contributed by atoms with Crippen molar-refractivity contribution in [2.75, 3.05) is 13.1 Å². The van der Waals surface area contributed by atoms with Crippen LogP contribution in [0.3, 0.4) is 0 Å². The Bertz CT molecular complexity index is 824. The van der Waals surface area contributed by atoms with Crippen molar-refractivity contribution in [3.05, 3.63) is 29.3 Å². The number of carbonyl (C=O) groups excluding carboxylic acids is 1. The number of nitrogens with one attached hydrogen (secondary N) is 3. The Morgan fingerprint density at radius 2 is 1.67 bits per heavy atom. The molecule has 1 aliphatic heterocycles. The lowest BCUT2D eigenvalue weighted by molar-refractivity contribution is -0.122. The van der Waals surface area contributed by atoms with E-state index in [1.165, 1.54) is 31.7 Å². The van der Waals surface area contributed by atoms with E-state index in [1.54, 1.807) is 12.1 Å². The van der Waals surface area contributed by atoms with Gasteiger partial charge in [0.15, 0.2) is 0 Å². The zero-order valence-corrected chi connectivity index (χ0v) is 19.2. The van der Waals surface area contributed by atoms with Gasteiger partial charge >= 0.3 is 13.1 Å². The van der Waals surface area contributed by atoms with E-state index < -0.39 is 19.0 Å². The van der Waals surface area contributed by atoms with Crippen molar-refractivity contribution in [1.82, 2.24) is 16.0 Å². The van der Waals surface area contributed by atoms with Crippen molar-refractivity contribution in [2.45, 2.75) is 82.2 Å². The SMILES string of the molecule is O=C(C[C@H]1CC[C@H](NCCNC2CCCC2)CC1)N[C@H]1Cc2cccc(C(=O)O)c2OB1O. The minimum atomic E-state index is -1.26. The average Bonchev–Trinajstić information content (AvgIpc) is 3.31. The van der Waals surface area contributed by atoms with E-state index in [2.05, 4.69) is 16.0 Å². The van der Waals surface area contributed by atoms with Crippen LogP contribution in [0.5, 0.6) is 5.75 Å². The lowest BCUT2D eigenvalue weighted by atomic mass is 9.72. The molecule has 0 bridgehead atoms. The lowest BCUT2D eigenvalue weighted by Gasteiger charge is -2.31. The molecule has 180 valence electrons. The van der Waals surface area contributed by atoms with Crippen molar-refractivity contribution >= 4 is 19.0 Å². The highest BCUT2D eigenvalue weighted by Gasteiger charge is 2.38. The summed E-state index contributed by atoms with van der Waals surface area (Å²) < 4.78 is 5.47. The van der Waals surface area contributed by atoms with Crippen LogP contribution in [0.25, 0.3) is 0 Å². The smallest absolute Gasteiger partial charge is 0.534 e. The molecule has 2 aliphatic carbocycles. The molecule has 1 aromatic carbocycles. The summed E-state index contributed by atoms with van der Waals surface area (Å²) >= 11 is 0. The molecular formula is C24H36BN3O5. The first kappa shape index (κ1) is 24.0. The van der Waals surface area contributed by atoms with Gasteiger partial charge in [-0.1, -0.05) is 25.0 Å². The molecule has 8 nitrogen and oxygen atoms in total. The van der Waals surface area contributed by atoms with Crippen LogP contribution in [0, 0.1) is 5.92 Å². The first-order chi connectivity index (χ1) is 16.0. The molecule has 33 heavy (non-hydrogen) atoms. The second-order valence-corrected chi connectivity index (χ2v) is 9.80. The van der Waals surface area contributed by atoms with E-state index in [-0.39, 0.29) is 17.2 Å². The van der Waals surface area contributed by atoms with E-state index in [4.69, 9.17) is 4.65 Å². The third-order valence-electron chi connectivity index (χ3n) is 7.36. The number of rotatable bonds is 9. The fourth-order valence-electron chi connectivity index (χ4n) is 5.50. The monoisotopic (exact) mass is 457 g/mol. The number of hydrogen-bond donors (Lipinski definition) is 5. The van der Waals surface area contributed by atoms with Crippen LogP contribution in [0.1, 0.15) is 73.7 Å². The summed E-state index contributed by atoms with van der Waals surface area (Å²) in [5.41, 5.74) is 0.704. The van der Waals surface area contributed by atoms with Gasteiger partial charge in [-0.2, -0.15) is 0 Å². The van der Waals surface area contributed by atoms with E-state index in [0.717, 1.165) is 38.8 Å². The number of benzene rings is 1. The van der Waals surface area contributed by atoms with Crippen molar-refractivity contribution in [3.8, 4) is 5.75 Å². The lowest BCUT2D eigenvalue weighted by Crippen LogP contribution is -2.53. The predicted octanol–water partition coefficient (Wildman–Crippen LogP) is 1.89. The molecule has 5 N–H and O–H groups in total. The van der Waals surface area contributed by atoms with E-state index in [1.807, 2.05) is 0 Å². The second kappa shape index (κ2) is 11.4. The molecule has 0 aromatic heterocycles. The van der Waals surface area contributed by atoms with Crippen LogP contribution in [-0.4, -0.2) is 60.2 Å². The van der Waals surface area contributed by atoms with Crippen LogP contribution < -0.4 is 20.6 Å². The largest absolute Gasteiger partial charge is 0.547 e. The highest BCUT2D eigenvalue weighted by atomic mass is 16.5. The molecule has 2 fully saturated rings. The van der Waals surface area contributed by atoms with Gasteiger partial charge < -0.3 is 30.7 Å². The standard InChI is InChI=1S/C24H36BN3O5/c29-22(28-21-15-17-4-3-7-20(24(30)31)23(17)33-25(21)32)14-16-8-10-19(11-9-16)27-13-12-26-18-5-1-2-6-18/h3-4,7,16,18-19,21,26-27,32H,1-2,5-6,8-15H2,(H,28,29)(H,30,31)/t16-,19-,21-/m0/s1. The van der Waals surface area contributed by atoms with Gasteiger partial charge in [-0.05, 0) is 62.5 Å². The quantitative estimate of drug-likeness (QED) is 0.284. The molecule has 1 aromatic rings. The van der Waals surface area contributed by atoms with Crippen LogP contribution in [0.15, 0.2) is 18.2 Å². The third kappa shape index (κ3) is 6.49. The Morgan fingerprint density at radius 3 is 2.33 bits per heavy atom. The number of para-hydroxylation sites is 1. The first-order valence-corrected chi connectivity index (χ1v) is 12.5. The number of fused-ring (bicyclic) bond motifs is 1. The molecule has 4 rings (SSSR count). The van der Waals surface area contributed by atoms with Gasteiger partial charge in [-0.25, -0.2) is 4.79 Å². The molecular weight excluding hydrogens is 421 g/mol. The molecule has 0 saturated heterocycles. The number of carboxylic acids is 1. The van der Waals surface area contributed by atoms with Gasteiger partial charge in [-0.15, -0.1) is 0 Å². The van der Waals surface area contributed by atoms with Gasteiger partial charge in [0.25, 0.3) is 0 Å². The highest BCUT2D eigenvalue weighted by molar-refractivity contribution is 6.47. The molecule has 2 saturated carbocycles. The third-order valence-corrected chi connectivity index (χ3v) is 7.36. The van der Waals surface area contributed by atoms with Crippen molar-refractivity contribution in [2.24, 2.45) is 5.92 Å². The summed E-state index contributed by atoms with van der Waals surface area (Å²) in [7, 11) is -1.26. The predicted molar refractivity (Wildman–Crippen MR) is 126 cm³/mol. The Kier molecular flexibility index (Phi) is 8.27. The fraction of sp³-hybridized carbons (Fsp3) is 0.667. The Morgan fingerprint density at radius 1 is 1.00 bits per heavy atom. The average molecular weight is 457 g/mol. The van der Waals surface area contributed by atoms with Crippen LogP contribution in [-0.2, 0) is 11.2 Å². The van der Waals surface area contributed by atoms with Crippen LogP contribution >= 0.6 is 0 Å². The fourth-order valence-corrected chi connectivity index (χ4v) is 5.50. The minimum Gasteiger partial charge on any atom is -0.534 e. The molecule has 1 amide bonds. The molecule has 0 radical (unpaired) electrons. The zero-order valence-electron chi connectivity index (χ0n) is 19.2. The molecule has 0 spiro atoms. The normalized spacial score (nSPS) is 25.4. The number of carboxylic acid groups (broad SMARTS) is 1. The van der Waals surface area contributed by atoms with Gasteiger partial charge in [0.1, 0.15) is 5.75 Å². The minimum absolute atomic E-state index is 0.0241. The van der Waals surface area contributed by atoms with Crippen molar-refractivity contribution in [1.29, 1.82) is 0 Å². The Labute approximate surface area is 196 Å². The van der Waals surface area contributed by atoms with E-state index >= 15 is 0 Å². The maximum Gasteiger partial charge on any atom is 0.547 e. The summed E-state index contributed by atoms with van der Waals surface area (Å²) in [6.45, 7) is 2.02. The molecule has 1 atom stereocenters. The summed E-state index contributed by atoms with van der Waals surface area (Å²) in [5, 5.41) is 29.8. The summed E-state index contributed by atoms with van der Waals surface area (Å²) in [6.07, 6.45) is 10.3. The summed E-state index contributed by atoms with van der Waals surface area (Å²) in [4.78, 5) is 24.0. The Hall–Kier alpha value is -2.10. The topological polar surface area (TPSA) is 120 Å². The maximum atomic E-state index is 12.6. The van der Waals surface area contributed by atoms with Crippen LogP contribution in [0.2, 0.25) is 0 Å². The number of aromatic carboxylic acids is 1. The van der Waals surface area contributed by atoms with Crippen molar-refractivity contribution in [3.63, 3.8) is 0 Å². The highest BCUT2D eigenvalue weighted by Crippen LogP contribution is 2.31. The van der Waals surface area contributed by atoms with Gasteiger partial charge in [0.2, 0.25) is 5.91 Å². The zero-order chi connectivity index (χ0) is 23.2. The van der Waals surface area contributed by atoms with E-state index in [0.29, 0.717) is 36.4 Å². The van der Waals surface area contributed by atoms with Gasteiger partial charge in [0, 0.05) is 31.6 Å². The Balaban J connectivity index is 1.16. The number of carbonyl (C=O) groups is 2. The summed E-state index contributed by atoms with van der Waals surface area (Å²) in [6, 6.07) is 6.11. The van der Waals surface area contributed by atoms with Gasteiger partial charge in [0.05, 0.1) is 11.5 Å². The van der Waals surface area contributed by atoms with Crippen LogP contribution in [0.4, 0.5) is 0 Å². The molecule has 3 aliphatic rings. The molecule has 0 unspecified atom stereocenters. The number of hydrogen-bond acceptors (Lipinski definition) is 6. The maximum absolute atomic E-state index is 12.6. The first-order valence-electron chi connectivity index (χ1n) is 12.5. The number of amides is 1. The second-order valence-electron chi connectivity index (χ2n) is 9.80. The summed E-state index contributed by atoms with van der Waals surface area (Å²) in [5.74, 6) is -1.23. The molecule has 9 heteroatoms.